The molecule has 0 bridgehead atoms. The molecule has 0 fully saturated rings. The van der Waals surface area contributed by atoms with E-state index in [2.05, 4.69) is 29.6 Å². The summed E-state index contributed by atoms with van der Waals surface area (Å²) in [4.78, 5) is 0. The normalized spacial score (nSPS) is 11.2. The van der Waals surface area contributed by atoms with Gasteiger partial charge in [-0.25, -0.2) is 0 Å². The Labute approximate surface area is 92.1 Å². The molecule has 4 nitrogen and oxygen atoms in total. The van der Waals surface area contributed by atoms with Crippen LogP contribution in [-0.4, -0.2) is 28.9 Å². The Morgan fingerprint density at radius 1 is 1.40 bits per heavy atom. The molecular formula is C11H22N4. The summed E-state index contributed by atoms with van der Waals surface area (Å²) in [6.07, 6.45) is 5.11. The standard InChI is InChI=1S/C11H22N4/c1-10(2)13-6-4-5-12-7-11-8-14-15(3)9-11/h8-10,12-13H,4-7H2,1-3H3. The molecule has 86 valence electrons. The van der Waals surface area contributed by atoms with Gasteiger partial charge in [0.1, 0.15) is 0 Å². The minimum absolute atomic E-state index is 0.586. The first-order valence-corrected chi connectivity index (χ1v) is 5.60. The molecule has 0 unspecified atom stereocenters. The number of nitrogens with zero attached hydrogens (tertiary/aromatic N) is 2. The quantitative estimate of drug-likeness (QED) is 0.657. The molecule has 1 aromatic heterocycles. The third-order valence-electron chi connectivity index (χ3n) is 2.17. The molecule has 2 N–H and O–H groups in total. The smallest absolute Gasteiger partial charge is 0.0534 e. The van der Waals surface area contributed by atoms with Crippen molar-refractivity contribution < 1.29 is 0 Å². The number of hydrogen-bond donors (Lipinski definition) is 2. The summed E-state index contributed by atoms with van der Waals surface area (Å²) >= 11 is 0. The minimum atomic E-state index is 0.586. The van der Waals surface area contributed by atoms with E-state index in [-0.39, 0.29) is 0 Å². The summed E-state index contributed by atoms with van der Waals surface area (Å²) in [7, 11) is 1.94. The van der Waals surface area contributed by atoms with Crippen LogP contribution < -0.4 is 10.6 Å². The van der Waals surface area contributed by atoms with Crippen molar-refractivity contribution in [1.29, 1.82) is 0 Å². The predicted octanol–water partition coefficient (Wildman–Crippen LogP) is 0.898. The number of aromatic nitrogens is 2. The third kappa shape index (κ3) is 5.54. The SMILES string of the molecule is CC(C)NCCCNCc1cnn(C)c1. The van der Waals surface area contributed by atoms with Crippen molar-refractivity contribution in [3.8, 4) is 0 Å². The largest absolute Gasteiger partial charge is 0.314 e. The average molecular weight is 210 g/mol. The molecule has 0 spiro atoms. The second-order valence-electron chi connectivity index (χ2n) is 4.16. The Kier molecular flexibility index (Phi) is 5.36. The molecule has 0 amide bonds. The zero-order chi connectivity index (χ0) is 11.1. The van der Waals surface area contributed by atoms with Gasteiger partial charge in [0.2, 0.25) is 0 Å². The van der Waals surface area contributed by atoms with Crippen molar-refractivity contribution in [3.63, 3.8) is 0 Å². The van der Waals surface area contributed by atoms with Gasteiger partial charge in [-0.3, -0.25) is 4.68 Å². The lowest BCUT2D eigenvalue weighted by atomic mass is 10.3. The van der Waals surface area contributed by atoms with Gasteiger partial charge >= 0.3 is 0 Å². The minimum Gasteiger partial charge on any atom is -0.314 e. The summed E-state index contributed by atoms with van der Waals surface area (Å²) < 4.78 is 1.83. The van der Waals surface area contributed by atoms with Gasteiger partial charge in [-0.2, -0.15) is 5.10 Å². The number of hydrogen-bond acceptors (Lipinski definition) is 3. The number of aryl methyl sites for hydroxylation is 1. The molecule has 0 radical (unpaired) electrons. The molecule has 1 aromatic rings. The Balaban J connectivity index is 1.98. The fourth-order valence-electron chi connectivity index (χ4n) is 1.40. The number of rotatable bonds is 7. The van der Waals surface area contributed by atoms with Gasteiger partial charge in [-0.1, -0.05) is 13.8 Å². The van der Waals surface area contributed by atoms with Crippen LogP contribution in [0.4, 0.5) is 0 Å². The van der Waals surface area contributed by atoms with E-state index in [4.69, 9.17) is 0 Å². The van der Waals surface area contributed by atoms with Gasteiger partial charge in [0, 0.05) is 31.4 Å². The molecule has 0 saturated heterocycles. The van der Waals surface area contributed by atoms with Crippen LogP contribution >= 0.6 is 0 Å². The van der Waals surface area contributed by atoms with Crippen LogP contribution in [0, 0.1) is 0 Å². The average Bonchev–Trinajstić information content (AvgIpc) is 2.57. The molecule has 0 aromatic carbocycles. The van der Waals surface area contributed by atoms with Gasteiger partial charge in [-0.05, 0) is 19.5 Å². The highest BCUT2D eigenvalue weighted by Crippen LogP contribution is 1.94. The second-order valence-corrected chi connectivity index (χ2v) is 4.16. The van der Waals surface area contributed by atoms with E-state index in [1.54, 1.807) is 0 Å². The van der Waals surface area contributed by atoms with Gasteiger partial charge in [-0.15, -0.1) is 0 Å². The van der Waals surface area contributed by atoms with Gasteiger partial charge in [0.05, 0.1) is 6.20 Å². The zero-order valence-electron chi connectivity index (χ0n) is 9.95. The van der Waals surface area contributed by atoms with Crippen LogP contribution in [-0.2, 0) is 13.6 Å². The van der Waals surface area contributed by atoms with Crippen molar-refractivity contribution in [2.24, 2.45) is 7.05 Å². The van der Waals surface area contributed by atoms with E-state index in [1.165, 1.54) is 12.0 Å². The van der Waals surface area contributed by atoms with Crippen LogP contribution in [0.2, 0.25) is 0 Å². The fraction of sp³-hybridized carbons (Fsp3) is 0.727. The molecule has 15 heavy (non-hydrogen) atoms. The Bertz CT molecular complexity index is 267. The second kappa shape index (κ2) is 6.58. The lowest BCUT2D eigenvalue weighted by Crippen LogP contribution is -2.26. The zero-order valence-corrected chi connectivity index (χ0v) is 9.95. The highest BCUT2D eigenvalue weighted by Gasteiger charge is 1.95. The maximum absolute atomic E-state index is 4.12. The molecule has 0 aliphatic heterocycles. The third-order valence-corrected chi connectivity index (χ3v) is 2.17. The molecule has 0 aliphatic rings. The van der Waals surface area contributed by atoms with Crippen molar-refractivity contribution in [1.82, 2.24) is 20.4 Å². The maximum atomic E-state index is 4.12. The Morgan fingerprint density at radius 2 is 2.20 bits per heavy atom. The van der Waals surface area contributed by atoms with Crippen LogP contribution in [0.15, 0.2) is 12.4 Å². The van der Waals surface area contributed by atoms with Gasteiger partial charge < -0.3 is 10.6 Å². The van der Waals surface area contributed by atoms with E-state index >= 15 is 0 Å². The van der Waals surface area contributed by atoms with Gasteiger partial charge in [0.15, 0.2) is 0 Å². The Morgan fingerprint density at radius 3 is 2.80 bits per heavy atom. The molecular weight excluding hydrogens is 188 g/mol. The lowest BCUT2D eigenvalue weighted by Gasteiger charge is -2.07. The first-order chi connectivity index (χ1) is 7.18. The molecule has 1 heterocycles. The fourth-order valence-corrected chi connectivity index (χ4v) is 1.40. The summed E-state index contributed by atoms with van der Waals surface area (Å²) in [5.74, 6) is 0. The van der Waals surface area contributed by atoms with E-state index in [0.29, 0.717) is 6.04 Å². The first kappa shape index (κ1) is 12.2. The molecule has 1 rings (SSSR count). The van der Waals surface area contributed by atoms with E-state index in [1.807, 2.05) is 24.1 Å². The van der Waals surface area contributed by atoms with E-state index in [0.717, 1.165) is 19.6 Å². The van der Waals surface area contributed by atoms with Crippen LogP contribution in [0.1, 0.15) is 25.8 Å². The van der Waals surface area contributed by atoms with Crippen LogP contribution in [0.3, 0.4) is 0 Å². The van der Waals surface area contributed by atoms with E-state index in [9.17, 15) is 0 Å². The maximum Gasteiger partial charge on any atom is 0.0534 e. The topological polar surface area (TPSA) is 41.9 Å². The summed E-state index contributed by atoms with van der Waals surface area (Å²) in [6.45, 7) is 7.38. The van der Waals surface area contributed by atoms with Gasteiger partial charge in [0.25, 0.3) is 0 Å². The van der Waals surface area contributed by atoms with Crippen molar-refractivity contribution in [2.45, 2.75) is 32.9 Å². The monoisotopic (exact) mass is 210 g/mol. The Hall–Kier alpha value is -0.870. The predicted molar refractivity (Wildman–Crippen MR) is 62.7 cm³/mol. The summed E-state index contributed by atoms with van der Waals surface area (Å²) in [5.41, 5.74) is 1.24. The van der Waals surface area contributed by atoms with E-state index < -0.39 is 0 Å². The van der Waals surface area contributed by atoms with Crippen LogP contribution in [0.5, 0.6) is 0 Å². The molecule has 0 aliphatic carbocycles. The van der Waals surface area contributed by atoms with Crippen molar-refractivity contribution in [2.75, 3.05) is 13.1 Å². The lowest BCUT2D eigenvalue weighted by molar-refractivity contribution is 0.547. The first-order valence-electron chi connectivity index (χ1n) is 5.60. The molecule has 0 atom stereocenters. The summed E-state index contributed by atoms with van der Waals surface area (Å²) in [6, 6.07) is 0.586. The molecule has 0 saturated carbocycles. The summed E-state index contributed by atoms with van der Waals surface area (Å²) in [5, 5.41) is 10.9. The van der Waals surface area contributed by atoms with Crippen LogP contribution in [0.25, 0.3) is 0 Å². The highest BCUT2D eigenvalue weighted by molar-refractivity contribution is 5.02. The highest BCUT2D eigenvalue weighted by atomic mass is 15.2. The molecule has 4 heteroatoms. The number of nitrogens with one attached hydrogen (secondary N) is 2. The van der Waals surface area contributed by atoms with Crippen molar-refractivity contribution >= 4 is 0 Å². The van der Waals surface area contributed by atoms with Crippen molar-refractivity contribution in [3.05, 3.63) is 18.0 Å².